The minimum Gasteiger partial charge on any atom is -0.490 e. The predicted molar refractivity (Wildman–Crippen MR) is 162 cm³/mol. The van der Waals surface area contributed by atoms with E-state index in [0.29, 0.717) is 60.1 Å². The Hall–Kier alpha value is -4.11. The third-order valence-electron chi connectivity index (χ3n) is 6.38. The van der Waals surface area contributed by atoms with E-state index >= 15 is 0 Å². The van der Waals surface area contributed by atoms with Crippen LogP contribution in [0.15, 0.2) is 59.0 Å². The second-order valence-corrected chi connectivity index (χ2v) is 9.55. The average Bonchev–Trinajstić information content (AvgIpc) is 3.38. The normalized spacial score (nSPS) is 11.6. The SMILES string of the molecule is CCOc1cc(C(=O)NC(=S)Nc2ccc(-c3nc4cc([C@H](C)CC)ccc4o3)cc2)cc(OCC)c1OCC. The van der Waals surface area contributed by atoms with Crippen molar-refractivity contribution in [2.75, 3.05) is 25.1 Å². The topological polar surface area (TPSA) is 94.9 Å². The second kappa shape index (κ2) is 13.3. The Kier molecular flexibility index (Phi) is 9.60. The number of rotatable bonds is 11. The maximum absolute atomic E-state index is 13.0. The number of anilines is 1. The maximum Gasteiger partial charge on any atom is 0.257 e. The number of carbonyl (C=O) groups is 1. The summed E-state index contributed by atoms with van der Waals surface area (Å²) in [5.74, 6) is 1.95. The van der Waals surface area contributed by atoms with Crippen LogP contribution in [0.2, 0.25) is 0 Å². The molecule has 0 unspecified atom stereocenters. The summed E-state index contributed by atoms with van der Waals surface area (Å²) in [6.07, 6.45) is 1.07. The molecule has 4 aromatic rings. The molecule has 0 radical (unpaired) electrons. The molecule has 1 atom stereocenters. The molecule has 9 heteroatoms. The molecule has 0 aliphatic rings. The lowest BCUT2D eigenvalue weighted by atomic mass is 9.98. The van der Waals surface area contributed by atoms with Gasteiger partial charge in [0.2, 0.25) is 11.6 Å². The van der Waals surface area contributed by atoms with Crippen LogP contribution in [0.25, 0.3) is 22.6 Å². The first-order valence-electron chi connectivity index (χ1n) is 13.6. The summed E-state index contributed by atoms with van der Waals surface area (Å²) in [6, 6.07) is 16.9. The van der Waals surface area contributed by atoms with Gasteiger partial charge in [0.1, 0.15) is 5.52 Å². The molecule has 8 nitrogen and oxygen atoms in total. The maximum atomic E-state index is 13.0. The number of ether oxygens (including phenoxy) is 3. The number of nitrogens with zero attached hydrogens (tertiary/aromatic N) is 1. The molecule has 1 aromatic heterocycles. The van der Waals surface area contributed by atoms with E-state index in [4.69, 9.17) is 30.8 Å². The highest BCUT2D eigenvalue weighted by Gasteiger charge is 2.19. The summed E-state index contributed by atoms with van der Waals surface area (Å²) in [4.78, 5) is 17.7. The monoisotopic (exact) mass is 561 g/mol. The van der Waals surface area contributed by atoms with Crippen molar-refractivity contribution < 1.29 is 23.4 Å². The summed E-state index contributed by atoms with van der Waals surface area (Å²) in [5.41, 5.74) is 4.72. The van der Waals surface area contributed by atoms with Gasteiger partial charge in [-0.25, -0.2) is 4.98 Å². The van der Waals surface area contributed by atoms with Crippen LogP contribution in [0.5, 0.6) is 17.2 Å². The van der Waals surface area contributed by atoms with Crippen LogP contribution in [0.3, 0.4) is 0 Å². The van der Waals surface area contributed by atoms with E-state index in [1.807, 2.05) is 51.1 Å². The highest BCUT2D eigenvalue weighted by atomic mass is 32.1. The van der Waals surface area contributed by atoms with Crippen molar-refractivity contribution in [3.05, 3.63) is 65.7 Å². The molecule has 0 spiro atoms. The van der Waals surface area contributed by atoms with Gasteiger partial charge in [-0.1, -0.05) is 19.9 Å². The Morgan fingerprint density at radius 1 is 0.925 bits per heavy atom. The van der Waals surface area contributed by atoms with E-state index < -0.39 is 5.91 Å². The molecule has 2 N–H and O–H groups in total. The lowest BCUT2D eigenvalue weighted by Gasteiger charge is -2.17. The minimum absolute atomic E-state index is 0.155. The molecule has 0 saturated carbocycles. The predicted octanol–water partition coefficient (Wildman–Crippen LogP) is 7.33. The number of hydrogen-bond acceptors (Lipinski definition) is 7. The molecule has 1 heterocycles. The number of amides is 1. The van der Waals surface area contributed by atoms with E-state index in [9.17, 15) is 4.79 Å². The summed E-state index contributed by atoms with van der Waals surface area (Å²) in [7, 11) is 0. The molecular weight excluding hydrogens is 526 g/mol. The molecule has 0 aliphatic carbocycles. The van der Waals surface area contributed by atoms with Crippen molar-refractivity contribution >= 4 is 40.0 Å². The van der Waals surface area contributed by atoms with Gasteiger partial charge in [0.25, 0.3) is 5.91 Å². The van der Waals surface area contributed by atoms with Gasteiger partial charge in [0.05, 0.1) is 19.8 Å². The molecule has 3 aromatic carbocycles. The van der Waals surface area contributed by atoms with E-state index in [2.05, 4.69) is 41.6 Å². The summed E-state index contributed by atoms with van der Waals surface area (Å²) in [5, 5.41) is 5.92. The van der Waals surface area contributed by atoms with Crippen LogP contribution >= 0.6 is 12.2 Å². The third kappa shape index (κ3) is 6.71. The molecule has 210 valence electrons. The molecule has 0 saturated heterocycles. The van der Waals surface area contributed by atoms with E-state index in [1.165, 1.54) is 5.56 Å². The Bertz CT molecular complexity index is 1460. The van der Waals surface area contributed by atoms with Gasteiger partial charge in [0, 0.05) is 16.8 Å². The fraction of sp³-hybridized carbons (Fsp3) is 0.323. The zero-order valence-corrected chi connectivity index (χ0v) is 24.3. The van der Waals surface area contributed by atoms with Gasteiger partial charge < -0.3 is 23.9 Å². The summed E-state index contributed by atoms with van der Waals surface area (Å²) >= 11 is 5.40. The Morgan fingerprint density at radius 3 is 2.17 bits per heavy atom. The highest BCUT2D eigenvalue weighted by Crippen LogP contribution is 2.39. The summed E-state index contributed by atoms with van der Waals surface area (Å²) < 4.78 is 23.1. The molecular formula is C31H35N3O5S. The van der Waals surface area contributed by atoms with Gasteiger partial charge in [-0.05, 0) is 99.4 Å². The van der Waals surface area contributed by atoms with Gasteiger partial charge >= 0.3 is 0 Å². The van der Waals surface area contributed by atoms with Crippen molar-refractivity contribution in [2.45, 2.75) is 47.0 Å². The first-order chi connectivity index (χ1) is 19.4. The number of fused-ring (bicyclic) bond motifs is 1. The number of thiocarbonyl (C=S) groups is 1. The largest absolute Gasteiger partial charge is 0.490 e. The first-order valence-corrected chi connectivity index (χ1v) is 14.0. The Morgan fingerprint density at radius 2 is 1.57 bits per heavy atom. The zero-order chi connectivity index (χ0) is 28.6. The van der Waals surface area contributed by atoms with Crippen LogP contribution in [0, 0.1) is 0 Å². The number of hydrogen-bond donors (Lipinski definition) is 2. The number of aromatic nitrogens is 1. The van der Waals surface area contributed by atoms with Crippen LogP contribution in [0.1, 0.15) is 62.9 Å². The molecule has 40 heavy (non-hydrogen) atoms. The van der Waals surface area contributed by atoms with Crippen LogP contribution in [-0.4, -0.2) is 35.8 Å². The van der Waals surface area contributed by atoms with Crippen molar-refractivity contribution in [1.82, 2.24) is 10.3 Å². The molecule has 0 fully saturated rings. The summed E-state index contributed by atoms with van der Waals surface area (Å²) in [6.45, 7) is 11.2. The van der Waals surface area contributed by atoms with Crippen molar-refractivity contribution in [1.29, 1.82) is 0 Å². The van der Waals surface area contributed by atoms with Gasteiger partial charge in [-0.15, -0.1) is 0 Å². The Balaban J connectivity index is 1.45. The number of nitrogens with one attached hydrogen (secondary N) is 2. The Labute approximate surface area is 240 Å². The van der Waals surface area contributed by atoms with Crippen LogP contribution < -0.4 is 24.8 Å². The van der Waals surface area contributed by atoms with Crippen molar-refractivity contribution in [3.8, 4) is 28.7 Å². The fourth-order valence-corrected chi connectivity index (χ4v) is 4.37. The lowest BCUT2D eigenvalue weighted by Crippen LogP contribution is -2.34. The third-order valence-corrected chi connectivity index (χ3v) is 6.59. The highest BCUT2D eigenvalue weighted by molar-refractivity contribution is 7.80. The van der Waals surface area contributed by atoms with E-state index in [-0.39, 0.29) is 5.11 Å². The number of benzene rings is 3. The first kappa shape index (κ1) is 28.9. The standard InChI is InChI=1S/C31H35N3O5S/c1-6-19(5)21-12-15-25-24(16-21)33-30(39-25)20-10-13-23(14-11-20)32-31(40)34-29(35)22-17-26(36-7-2)28(38-9-4)27(18-22)37-8-3/h10-19H,6-9H2,1-5H3,(H2,32,34,35,40)/t19-/m1/s1. The van der Waals surface area contributed by atoms with Crippen molar-refractivity contribution in [2.24, 2.45) is 0 Å². The van der Waals surface area contributed by atoms with E-state index in [1.54, 1.807) is 12.1 Å². The quantitative estimate of drug-likeness (QED) is 0.184. The molecule has 0 bridgehead atoms. The average molecular weight is 562 g/mol. The number of carbonyl (C=O) groups excluding carboxylic acids is 1. The smallest absolute Gasteiger partial charge is 0.257 e. The van der Waals surface area contributed by atoms with Crippen LogP contribution in [-0.2, 0) is 0 Å². The van der Waals surface area contributed by atoms with Crippen molar-refractivity contribution in [3.63, 3.8) is 0 Å². The fourth-order valence-electron chi connectivity index (χ4n) is 4.16. The zero-order valence-electron chi connectivity index (χ0n) is 23.5. The van der Waals surface area contributed by atoms with Gasteiger partial charge in [0.15, 0.2) is 22.2 Å². The molecule has 1 amide bonds. The van der Waals surface area contributed by atoms with E-state index in [0.717, 1.165) is 23.1 Å². The minimum atomic E-state index is -0.401. The molecule has 0 aliphatic heterocycles. The van der Waals surface area contributed by atoms with Gasteiger partial charge in [-0.3, -0.25) is 10.1 Å². The molecule has 4 rings (SSSR count). The number of oxazole rings is 1. The van der Waals surface area contributed by atoms with Crippen LogP contribution in [0.4, 0.5) is 5.69 Å². The van der Waals surface area contributed by atoms with Gasteiger partial charge in [-0.2, -0.15) is 0 Å². The lowest BCUT2D eigenvalue weighted by molar-refractivity contribution is 0.0976. The second-order valence-electron chi connectivity index (χ2n) is 9.14.